The standard InChI is InChI=1S/C18H36/c1-15(2)8-6-9-16(3)11-13-18(5)12-7-10-17(4)14-18/h15-17H,6-14H2,1-5H3. The molecule has 1 aliphatic carbocycles. The minimum absolute atomic E-state index is 0.671. The van der Waals surface area contributed by atoms with Gasteiger partial charge in [-0.05, 0) is 42.4 Å². The minimum atomic E-state index is 0.671. The van der Waals surface area contributed by atoms with Crippen LogP contribution in [0.2, 0.25) is 0 Å². The first kappa shape index (κ1) is 16.1. The summed E-state index contributed by atoms with van der Waals surface area (Å²) in [4.78, 5) is 0. The Balaban J connectivity index is 2.18. The highest BCUT2D eigenvalue weighted by atomic mass is 14.4. The van der Waals surface area contributed by atoms with Crippen molar-refractivity contribution in [2.75, 3.05) is 0 Å². The maximum absolute atomic E-state index is 2.55. The summed E-state index contributed by atoms with van der Waals surface area (Å²) in [6.45, 7) is 12.1. The molecule has 1 aliphatic rings. The first-order chi connectivity index (χ1) is 8.41. The van der Waals surface area contributed by atoms with Gasteiger partial charge in [0.2, 0.25) is 0 Å². The van der Waals surface area contributed by atoms with E-state index in [-0.39, 0.29) is 0 Å². The molecule has 0 bridgehead atoms. The second kappa shape index (κ2) is 7.56. The summed E-state index contributed by atoms with van der Waals surface area (Å²) >= 11 is 0. The molecule has 0 spiro atoms. The van der Waals surface area contributed by atoms with Crippen molar-refractivity contribution in [1.82, 2.24) is 0 Å². The lowest BCUT2D eigenvalue weighted by Gasteiger charge is -2.37. The molecular weight excluding hydrogens is 216 g/mol. The van der Waals surface area contributed by atoms with Crippen LogP contribution in [0.3, 0.4) is 0 Å². The highest BCUT2D eigenvalue weighted by Gasteiger charge is 2.30. The van der Waals surface area contributed by atoms with E-state index in [4.69, 9.17) is 0 Å². The Morgan fingerprint density at radius 2 is 1.83 bits per heavy atom. The third-order valence-corrected chi connectivity index (χ3v) is 5.04. The average Bonchev–Trinajstić information content (AvgIpc) is 2.26. The summed E-state index contributed by atoms with van der Waals surface area (Å²) in [6, 6.07) is 0. The zero-order chi connectivity index (χ0) is 13.6. The molecule has 0 N–H and O–H groups in total. The third kappa shape index (κ3) is 6.25. The number of hydrogen-bond acceptors (Lipinski definition) is 0. The molecule has 0 heterocycles. The summed E-state index contributed by atoms with van der Waals surface area (Å²) in [5.41, 5.74) is 0.671. The monoisotopic (exact) mass is 252 g/mol. The molecule has 1 rings (SSSR count). The molecule has 3 atom stereocenters. The van der Waals surface area contributed by atoms with Gasteiger partial charge in [0.1, 0.15) is 0 Å². The molecule has 1 saturated carbocycles. The van der Waals surface area contributed by atoms with E-state index >= 15 is 0 Å². The molecule has 0 radical (unpaired) electrons. The van der Waals surface area contributed by atoms with Crippen LogP contribution in [0, 0.1) is 23.2 Å². The van der Waals surface area contributed by atoms with Crippen molar-refractivity contribution in [2.45, 2.75) is 92.4 Å². The predicted molar refractivity (Wildman–Crippen MR) is 82.8 cm³/mol. The van der Waals surface area contributed by atoms with Crippen molar-refractivity contribution in [2.24, 2.45) is 23.2 Å². The number of rotatable bonds is 7. The van der Waals surface area contributed by atoms with Crippen molar-refractivity contribution < 1.29 is 0 Å². The van der Waals surface area contributed by atoms with Gasteiger partial charge in [-0.2, -0.15) is 0 Å². The molecule has 1 fully saturated rings. The van der Waals surface area contributed by atoms with Gasteiger partial charge in [0.05, 0.1) is 0 Å². The van der Waals surface area contributed by atoms with E-state index in [0.717, 1.165) is 17.8 Å². The van der Waals surface area contributed by atoms with Crippen molar-refractivity contribution in [3.8, 4) is 0 Å². The Hall–Kier alpha value is 0. The molecule has 0 aliphatic heterocycles. The Morgan fingerprint density at radius 3 is 2.44 bits per heavy atom. The van der Waals surface area contributed by atoms with Gasteiger partial charge in [0.25, 0.3) is 0 Å². The van der Waals surface area contributed by atoms with Crippen LogP contribution in [0.25, 0.3) is 0 Å². The van der Waals surface area contributed by atoms with Crippen LogP contribution in [-0.2, 0) is 0 Å². The average molecular weight is 252 g/mol. The Labute approximate surface area is 116 Å². The molecule has 3 unspecified atom stereocenters. The van der Waals surface area contributed by atoms with Gasteiger partial charge in [-0.25, -0.2) is 0 Å². The smallest absolute Gasteiger partial charge is 0.0323 e. The van der Waals surface area contributed by atoms with Crippen molar-refractivity contribution in [3.63, 3.8) is 0 Å². The van der Waals surface area contributed by atoms with E-state index in [0.29, 0.717) is 5.41 Å². The van der Waals surface area contributed by atoms with E-state index in [1.54, 1.807) is 0 Å². The highest BCUT2D eigenvalue weighted by Crippen LogP contribution is 2.43. The van der Waals surface area contributed by atoms with Gasteiger partial charge in [0, 0.05) is 0 Å². The lowest BCUT2D eigenvalue weighted by atomic mass is 9.68. The normalized spacial score (nSPS) is 30.7. The maximum atomic E-state index is 2.55. The van der Waals surface area contributed by atoms with E-state index in [1.165, 1.54) is 57.8 Å². The van der Waals surface area contributed by atoms with Gasteiger partial charge in [0.15, 0.2) is 0 Å². The molecule has 0 nitrogen and oxygen atoms in total. The van der Waals surface area contributed by atoms with Crippen LogP contribution in [-0.4, -0.2) is 0 Å². The lowest BCUT2D eigenvalue weighted by Crippen LogP contribution is -2.25. The van der Waals surface area contributed by atoms with Gasteiger partial charge in [-0.1, -0.05) is 73.1 Å². The Bertz CT molecular complexity index is 218. The first-order valence-corrected chi connectivity index (χ1v) is 8.41. The molecule has 108 valence electrons. The van der Waals surface area contributed by atoms with Gasteiger partial charge in [-0.15, -0.1) is 0 Å². The first-order valence-electron chi connectivity index (χ1n) is 8.41. The molecule has 0 amide bonds. The summed E-state index contributed by atoms with van der Waals surface area (Å²) < 4.78 is 0. The highest BCUT2D eigenvalue weighted by molar-refractivity contribution is 4.81. The fourth-order valence-electron chi connectivity index (χ4n) is 3.76. The van der Waals surface area contributed by atoms with Gasteiger partial charge >= 0.3 is 0 Å². The fourth-order valence-corrected chi connectivity index (χ4v) is 3.76. The van der Waals surface area contributed by atoms with Crippen molar-refractivity contribution in [1.29, 1.82) is 0 Å². The van der Waals surface area contributed by atoms with Crippen LogP contribution < -0.4 is 0 Å². The summed E-state index contributed by atoms with van der Waals surface area (Å²) in [5, 5.41) is 0. The Kier molecular flexibility index (Phi) is 6.74. The Morgan fingerprint density at radius 1 is 1.11 bits per heavy atom. The molecule has 18 heavy (non-hydrogen) atoms. The zero-order valence-electron chi connectivity index (χ0n) is 13.6. The van der Waals surface area contributed by atoms with Crippen molar-refractivity contribution >= 4 is 0 Å². The minimum Gasteiger partial charge on any atom is -0.0628 e. The van der Waals surface area contributed by atoms with Crippen LogP contribution in [0.5, 0.6) is 0 Å². The summed E-state index contributed by atoms with van der Waals surface area (Å²) in [5.74, 6) is 2.80. The summed E-state index contributed by atoms with van der Waals surface area (Å²) in [6.07, 6.45) is 13.1. The maximum Gasteiger partial charge on any atom is -0.0323 e. The molecule has 0 aromatic carbocycles. The molecular formula is C18H36. The third-order valence-electron chi connectivity index (χ3n) is 5.04. The van der Waals surface area contributed by atoms with E-state index in [2.05, 4.69) is 34.6 Å². The molecule has 0 aromatic heterocycles. The number of hydrogen-bond donors (Lipinski definition) is 0. The van der Waals surface area contributed by atoms with Gasteiger partial charge in [-0.3, -0.25) is 0 Å². The quantitative estimate of drug-likeness (QED) is 0.488. The lowest BCUT2D eigenvalue weighted by molar-refractivity contribution is 0.143. The molecule has 0 heteroatoms. The predicted octanol–water partition coefficient (Wildman–Crippen LogP) is 6.45. The molecule has 0 aromatic rings. The second-order valence-electron chi connectivity index (χ2n) is 7.98. The zero-order valence-corrected chi connectivity index (χ0v) is 13.6. The second-order valence-corrected chi connectivity index (χ2v) is 7.98. The van der Waals surface area contributed by atoms with Crippen LogP contribution >= 0.6 is 0 Å². The van der Waals surface area contributed by atoms with Gasteiger partial charge < -0.3 is 0 Å². The fraction of sp³-hybridized carbons (Fsp3) is 1.00. The largest absolute Gasteiger partial charge is 0.0628 e. The van der Waals surface area contributed by atoms with E-state index in [1.807, 2.05) is 0 Å². The van der Waals surface area contributed by atoms with E-state index in [9.17, 15) is 0 Å². The van der Waals surface area contributed by atoms with Crippen LogP contribution in [0.4, 0.5) is 0 Å². The van der Waals surface area contributed by atoms with Crippen molar-refractivity contribution in [3.05, 3.63) is 0 Å². The van der Waals surface area contributed by atoms with Crippen LogP contribution in [0.15, 0.2) is 0 Å². The topological polar surface area (TPSA) is 0 Å². The van der Waals surface area contributed by atoms with E-state index < -0.39 is 0 Å². The SMILES string of the molecule is CC(C)CCCC(C)CCC1(C)CCCC(C)C1. The summed E-state index contributed by atoms with van der Waals surface area (Å²) in [7, 11) is 0. The van der Waals surface area contributed by atoms with Crippen LogP contribution in [0.1, 0.15) is 92.4 Å². The molecule has 0 saturated heterocycles.